The molecule has 14 nitrogen and oxygen atoms in total. The van der Waals surface area contributed by atoms with Crippen LogP contribution in [0.5, 0.6) is 0 Å². The topological polar surface area (TPSA) is 163 Å². The Balaban J connectivity index is 0.000000140. The monoisotopic (exact) mass is 1600 g/mol. The third-order valence-electron chi connectivity index (χ3n) is 21.2. The number of fused-ring (bicyclic) bond motifs is 12. The number of hydrogen-bond acceptors (Lipinski definition) is 10. The highest BCUT2D eigenvalue weighted by molar-refractivity contribution is 9.10. The fraction of sp³-hybridized carbons (Fsp3) is 0.0291. The summed E-state index contributed by atoms with van der Waals surface area (Å²) in [6.45, 7) is 0. The summed E-state index contributed by atoms with van der Waals surface area (Å²) in [7, 11) is -1.53. The predicted molar refractivity (Wildman–Crippen MR) is 495 cm³/mol. The van der Waals surface area contributed by atoms with Crippen LogP contribution in [0, 0.1) is 0 Å². The summed E-state index contributed by atoms with van der Waals surface area (Å²) in [6.07, 6.45) is 3.73. The average Bonchev–Trinajstić information content (AvgIpc) is 1.60. The minimum Gasteiger partial charge on any atom is -0.423 e. The Morgan fingerprint density at radius 3 is 0.924 bits per heavy atom. The maximum Gasteiger partial charge on any atom is 0.488 e. The van der Waals surface area contributed by atoms with Gasteiger partial charge in [-0.3, -0.25) is 9.97 Å². The molecule has 0 aliphatic carbocycles. The number of aromatic nitrogens is 12. The first-order valence-corrected chi connectivity index (χ1v) is 39.0. The van der Waals surface area contributed by atoms with E-state index in [1.54, 1.807) is 6.07 Å². The van der Waals surface area contributed by atoms with E-state index in [0.29, 0.717) is 40.4 Å². The molecule has 0 bridgehead atoms. The highest BCUT2D eigenvalue weighted by Crippen LogP contribution is 2.41. The van der Waals surface area contributed by atoms with E-state index in [2.05, 4.69) is 233 Å². The maximum absolute atomic E-state index is 9.78. The van der Waals surface area contributed by atoms with E-state index in [1.165, 1.54) is 21.7 Å². The maximum atomic E-state index is 9.78. The molecule has 0 amide bonds. The Labute approximate surface area is 697 Å². The van der Waals surface area contributed by atoms with Gasteiger partial charge in [0.1, 0.15) is 0 Å². The zero-order chi connectivity index (χ0) is 77.6. The predicted octanol–water partition coefficient (Wildman–Crippen LogP) is 24.6. The Hall–Kier alpha value is -14.9. The van der Waals surface area contributed by atoms with Gasteiger partial charge < -0.3 is 28.3 Å². The molecule has 0 fully saturated rings. The third-order valence-corrected chi connectivity index (χ3v) is 21.6. The highest BCUT2D eigenvalue weighted by atomic mass is 79.9. The van der Waals surface area contributed by atoms with Crippen molar-refractivity contribution in [3.63, 3.8) is 0 Å². The Morgan fingerprint density at radius 1 is 0.218 bits per heavy atom. The van der Waals surface area contributed by atoms with Crippen LogP contribution in [0.2, 0.25) is 0 Å². The summed E-state index contributed by atoms with van der Waals surface area (Å²) < 4.78 is 10.1. The number of para-hydroxylation sites is 4. The van der Waals surface area contributed by atoms with Gasteiger partial charge in [-0.15, -0.1) is 0 Å². The van der Waals surface area contributed by atoms with E-state index in [1.807, 2.05) is 188 Å². The first-order chi connectivity index (χ1) is 57.3. The number of nitrogens with zero attached hydrogens (tertiary/aromatic N) is 12. The van der Waals surface area contributed by atoms with Crippen LogP contribution in [0.1, 0.15) is 22.3 Å². The molecule has 16 heteroatoms. The van der Waals surface area contributed by atoms with E-state index >= 15 is 0 Å². The van der Waals surface area contributed by atoms with Gasteiger partial charge in [0, 0.05) is 105 Å². The summed E-state index contributed by atoms with van der Waals surface area (Å²) in [5, 5.41) is 26.2. The molecule has 0 spiro atoms. The molecule has 0 saturated carbocycles. The fourth-order valence-electron chi connectivity index (χ4n) is 15.8. The van der Waals surface area contributed by atoms with Gasteiger partial charge in [-0.1, -0.05) is 281 Å². The second kappa shape index (κ2) is 33.1. The second-order valence-electron chi connectivity index (χ2n) is 28.2. The van der Waals surface area contributed by atoms with Gasteiger partial charge in [0.2, 0.25) is 0 Å². The summed E-state index contributed by atoms with van der Waals surface area (Å²) >= 11 is 3.55. The van der Waals surface area contributed by atoms with Crippen LogP contribution >= 0.6 is 15.9 Å². The molecule has 0 aliphatic heterocycles. The van der Waals surface area contributed by atoms with Crippen molar-refractivity contribution in [2.24, 2.45) is 0 Å². The molecule has 572 valence electrons. The van der Waals surface area contributed by atoms with Gasteiger partial charge in [0.15, 0.2) is 34.9 Å². The van der Waals surface area contributed by atoms with Gasteiger partial charge in [-0.25, -0.2) is 29.9 Å². The lowest BCUT2D eigenvalue weighted by Crippen LogP contribution is -2.29. The Kier molecular flexibility index (Phi) is 21.3. The van der Waals surface area contributed by atoms with Crippen LogP contribution in [0.3, 0.4) is 0 Å². The van der Waals surface area contributed by atoms with Crippen LogP contribution in [0.25, 0.3) is 190 Å². The molecule has 14 aromatic carbocycles. The lowest BCUT2D eigenvalue weighted by atomic mass is 9.80. The molecule has 0 radical (unpaired) electrons. The van der Waals surface area contributed by atoms with Crippen molar-refractivity contribution in [1.29, 1.82) is 0 Å². The van der Waals surface area contributed by atoms with Crippen LogP contribution in [-0.4, -0.2) is 75.3 Å². The lowest BCUT2D eigenvalue weighted by Gasteiger charge is -2.12. The van der Waals surface area contributed by atoms with E-state index in [0.717, 1.165) is 138 Å². The van der Waals surface area contributed by atoms with Gasteiger partial charge >= 0.3 is 7.12 Å². The summed E-state index contributed by atoms with van der Waals surface area (Å²) in [5.41, 5.74) is 23.3. The standard InChI is InChI=1S/C50H32N6.C33H23BN4O2.C17H11BrN2.3CH4/c1-4-14-33(15-5-1)48-52-49(34-16-6-2-7-17-34)54-50(53-48)37-18-12-21-39(30-37)56-43-23-11-10-22-40(43)41-31-35(25-27-44(41)56)36-26-28-45-42(32-36)47-46(24-13-29-51-47)55(45)38-19-8-3-9-20-38;39-34(40)25-18-19-30-28(21-25)27-16-7-8-17-29(27)38(30)26-15-9-14-24(20-26)33-36-31(22-10-3-1-4-11-22)35-32(37-33)23-12-5-2-6-13-23;18-12-8-9-15-14(11-12)17-16(7-4-10-19-17)20(15)13-5-2-1-3-6-13;;;/h1-32H;1-21,39-40H;1-11H;3*1H4. The SMILES string of the molecule is Brc1ccc2c(c1)c1ncccc1n2-c1ccccc1.C.C.C.OB(O)c1ccc2c(c1)c1ccccc1n2-c1cccc(-c2nc(-c3ccccc3)nc(-c3ccccc3)n2)c1.c1ccc(-c2nc(-c3ccccc3)nc(-c3cccc(-n4c5ccccc5c5cc(-c6ccc7c(c6)c6ncccc6n7-c6ccccc6)ccc54)c3)n2)cc1. The van der Waals surface area contributed by atoms with Crippen LogP contribution < -0.4 is 5.46 Å². The molecule has 22 aromatic rings. The minimum atomic E-state index is -1.53. The van der Waals surface area contributed by atoms with Crippen molar-refractivity contribution in [3.8, 4) is 102 Å². The molecular formula is C103H78BBrN12O2. The molecule has 0 atom stereocenters. The summed E-state index contributed by atoms with van der Waals surface area (Å²) in [6, 6.07) is 128. The fourth-order valence-corrected chi connectivity index (χ4v) is 16.2. The minimum absolute atomic E-state index is 0. The molecule has 8 aromatic heterocycles. The first kappa shape index (κ1) is 76.7. The highest BCUT2D eigenvalue weighted by Gasteiger charge is 2.23. The molecule has 22 rings (SSSR count). The zero-order valence-electron chi connectivity index (χ0n) is 62.2. The smallest absolute Gasteiger partial charge is 0.423 e. The van der Waals surface area contributed by atoms with Crippen LogP contribution in [0.15, 0.2) is 393 Å². The zero-order valence-corrected chi connectivity index (χ0v) is 63.8. The van der Waals surface area contributed by atoms with Crippen molar-refractivity contribution in [3.05, 3.63) is 393 Å². The molecule has 119 heavy (non-hydrogen) atoms. The largest absolute Gasteiger partial charge is 0.488 e. The number of rotatable bonds is 12. The number of benzene rings is 14. The average molecular weight is 1610 g/mol. The van der Waals surface area contributed by atoms with Gasteiger partial charge in [-0.05, 0) is 150 Å². The van der Waals surface area contributed by atoms with Crippen molar-refractivity contribution in [2.75, 3.05) is 0 Å². The molecule has 8 heterocycles. The normalized spacial score (nSPS) is 11.1. The van der Waals surface area contributed by atoms with E-state index < -0.39 is 7.12 Å². The lowest BCUT2D eigenvalue weighted by molar-refractivity contribution is 0.426. The quantitative estimate of drug-likeness (QED) is 0.113. The molecule has 0 saturated heterocycles. The third kappa shape index (κ3) is 14.5. The molecule has 2 N–H and O–H groups in total. The second-order valence-corrected chi connectivity index (χ2v) is 29.2. The van der Waals surface area contributed by atoms with E-state index in [9.17, 15) is 10.0 Å². The summed E-state index contributed by atoms with van der Waals surface area (Å²) in [4.78, 5) is 38.9. The van der Waals surface area contributed by atoms with Crippen LogP contribution in [0.4, 0.5) is 0 Å². The molecule has 0 aliphatic rings. The number of pyridine rings is 2. The Morgan fingerprint density at radius 2 is 0.513 bits per heavy atom. The number of halogens is 1. The molecular weight excluding hydrogens is 1530 g/mol. The van der Waals surface area contributed by atoms with Crippen LogP contribution in [-0.2, 0) is 0 Å². The molecule has 0 unspecified atom stereocenters. The van der Waals surface area contributed by atoms with Crippen molar-refractivity contribution < 1.29 is 10.0 Å². The number of hydrogen-bond donors (Lipinski definition) is 2. The van der Waals surface area contributed by atoms with Gasteiger partial charge in [0.25, 0.3) is 0 Å². The van der Waals surface area contributed by atoms with Gasteiger partial charge in [-0.2, -0.15) is 0 Å². The van der Waals surface area contributed by atoms with E-state index in [4.69, 9.17) is 34.9 Å². The summed E-state index contributed by atoms with van der Waals surface area (Å²) in [5.74, 6) is 3.72. The van der Waals surface area contributed by atoms with Gasteiger partial charge in [0.05, 0.1) is 55.2 Å². The first-order valence-electron chi connectivity index (χ1n) is 38.2. The Bertz CT molecular complexity index is 7340. The van der Waals surface area contributed by atoms with Crippen molar-refractivity contribution in [2.45, 2.75) is 22.3 Å². The van der Waals surface area contributed by atoms with Crippen molar-refractivity contribution >= 4 is 116 Å². The van der Waals surface area contributed by atoms with Crippen molar-refractivity contribution in [1.82, 2.24) is 58.1 Å². The van der Waals surface area contributed by atoms with E-state index in [-0.39, 0.29) is 22.3 Å².